The minimum absolute atomic E-state index is 0.0786. The highest BCUT2D eigenvalue weighted by molar-refractivity contribution is 6.00. The summed E-state index contributed by atoms with van der Waals surface area (Å²) in [6.45, 7) is 10.4. The summed E-state index contributed by atoms with van der Waals surface area (Å²) in [6, 6.07) is 15.7. The number of nitrogens with one attached hydrogen (secondary N) is 1. The first-order chi connectivity index (χ1) is 10.8. The van der Waals surface area contributed by atoms with Crippen LogP contribution in [0.3, 0.4) is 0 Å². The van der Waals surface area contributed by atoms with Gasteiger partial charge in [0.15, 0.2) is 0 Å². The molecule has 0 spiro atoms. The first-order valence-electron chi connectivity index (χ1n) is 7.79. The Morgan fingerprint density at radius 3 is 1.96 bits per heavy atom. The molecule has 23 heavy (non-hydrogen) atoms. The molecule has 1 N–H and O–H groups in total. The van der Waals surface area contributed by atoms with Gasteiger partial charge in [0.1, 0.15) is 0 Å². The molecule has 0 bridgehead atoms. The summed E-state index contributed by atoms with van der Waals surface area (Å²) >= 11 is 0. The summed E-state index contributed by atoms with van der Waals surface area (Å²) in [6.07, 6.45) is 0. The smallest absolute Gasteiger partial charge is 0.267 e. The van der Waals surface area contributed by atoms with E-state index in [1.165, 1.54) is 11.1 Å². The topological polar surface area (TPSA) is 41.5 Å². The van der Waals surface area contributed by atoms with Crippen LogP contribution in [-0.2, 0) is 5.41 Å². The summed E-state index contributed by atoms with van der Waals surface area (Å²) in [4.78, 5) is 12.2. The molecule has 3 nitrogen and oxygen atoms in total. The van der Waals surface area contributed by atoms with Crippen LogP contribution < -0.4 is 5.43 Å². The number of hydrogen-bond donors (Lipinski definition) is 1. The van der Waals surface area contributed by atoms with Gasteiger partial charge in [0.25, 0.3) is 5.91 Å². The molecule has 3 heteroatoms. The van der Waals surface area contributed by atoms with Crippen LogP contribution in [0.1, 0.15) is 54.7 Å². The van der Waals surface area contributed by atoms with E-state index in [2.05, 4.69) is 31.3 Å². The fourth-order valence-electron chi connectivity index (χ4n) is 2.18. The van der Waals surface area contributed by atoms with E-state index < -0.39 is 0 Å². The van der Waals surface area contributed by atoms with Gasteiger partial charge in [-0.1, -0.05) is 62.7 Å². The van der Waals surface area contributed by atoms with Crippen molar-refractivity contribution in [3.05, 3.63) is 70.8 Å². The Bertz CT molecular complexity index is 705. The minimum Gasteiger partial charge on any atom is -0.267 e. The normalized spacial score (nSPS) is 12.1. The van der Waals surface area contributed by atoms with Crippen molar-refractivity contribution in [3.8, 4) is 0 Å². The Balaban J connectivity index is 2.07. The van der Waals surface area contributed by atoms with Crippen LogP contribution in [0.5, 0.6) is 0 Å². The van der Waals surface area contributed by atoms with Crippen LogP contribution >= 0.6 is 0 Å². The molecule has 0 aromatic heterocycles. The zero-order valence-electron chi connectivity index (χ0n) is 14.5. The Morgan fingerprint density at radius 1 is 0.913 bits per heavy atom. The lowest BCUT2D eigenvalue weighted by Crippen LogP contribution is -2.20. The summed E-state index contributed by atoms with van der Waals surface area (Å²) in [5.74, 6) is -0.197. The van der Waals surface area contributed by atoms with Gasteiger partial charge in [0.05, 0.1) is 5.71 Å². The Hall–Kier alpha value is -2.42. The molecule has 0 aliphatic heterocycles. The van der Waals surface area contributed by atoms with Crippen LogP contribution in [-0.4, -0.2) is 11.6 Å². The summed E-state index contributed by atoms with van der Waals surface area (Å²) in [5, 5.41) is 4.19. The van der Waals surface area contributed by atoms with Crippen molar-refractivity contribution in [2.24, 2.45) is 5.10 Å². The second-order valence-corrected chi connectivity index (χ2v) is 6.83. The number of hydrogen-bond acceptors (Lipinski definition) is 2. The average Bonchev–Trinajstić information content (AvgIpc) is 2.52. The monoisotopic (exact) mass is 308 g/mol. The van der Waals surface area contributed by atoms with E-state index >= 15 is 0 Å². The summed E-state index contributed by atoms with van der Waals surface area (Å²) < 4.78 is 0. The van der Waals surface area contributed by atoms with E-state index in [-0.39, 0.29) is 11.3 Å². The molecule has 0 unspecified atom stereocenters. The van der Waals surface area contributed by atoms with E-state index in [4.69, 9.17) is 0 Å². The molecule has 0 heterocycles. The number of carbonyl (C=O) groups is 1. The number of amides is 1. The Morgan fingerprint density at radius 2 is 1.43 bits per heavy atom. The molecule has 0 saturated heterocycles. The van der Waals surface area contributed by atoms with Gasteiger partial charge in [-0.15, -0.1) is 0 Å². The fourth-order valence-corrected chi connectivity index (χ4v) is 2.18. The van der Waals surface area contributed by atoms with Crippen molar-refractivity contribution in [2.75, 3.05) is 0 Å². The second-order valence-electron chi connectivity index (χ2n) is 6.83. The molecule has 0 aliphatic carbocycles. The SMILES string of the molecule is C/C(=N/NC(=O)c1ccc(C(C)(C)C)cc1)c1ccc(C)cc1. The molecule has 2 aromatic carbocycles. The number of rotatable bonds is 3. The molecular formula is C20H24N2O. The molecule has 1 amide bonds. The fraction of sp³-hybridized carbons (Fsp3) is 0.300. The predicted molar refractivity (Wildman–Crippen MR) is 96.0 cm³/mol. The van der Waals surface area contributed by atoms with Crippen molar-refractivity contribution in [2.45, 2.75) is 40.0 Å². The summed E-state index contributed by atoms with van der Waals surface area (Å²) in [7, 11) is 0. The first kappa shape index (κ1) is 16.9. The second kappa shape index (κ2) is 6.78. The number of benzene rings is 2. The standard InChI is InChI=1S/C20H24N2O/c1-14-6-8-16(9-7-14)15(2)21-22-19(23)17-10-12-18(13-11-17)20(3,4)5/h6-13H,1-5H3,(H,22,23)/b21-15-. The lowest BCUT2D eigenvalue weighted by atomic mass is 9.87. The highest BCUT2D eigenvalue weighted by Gasteiger charge is 2.14. The average molecular weight is 308 g/mol. The lowest BCUT2D eigenvalue weighted by molar-refractivity contribution is 0.0955. The number of carbonyl (C=O) groups excluding carboxylic acids is 1. The van der Waals surface area contributed by atoms with Crippen molar-refractivity contribution in [3.63, 3.8) is 0 Å². The number of aryl methyl sites for hydroxylation is 1. The Labute approximate surface area is 138 Å². The van der Waals surface area contributed by atoms with E-state index in [0.29, 0.717) is 5.56 Å². The lowest BCUT2D eigenvalue weighted by Gasteiger charge is -2.18. The molecule has 0 atom stereocenters. The maximum absolute atomic E-state index is 12.2. The van der Waals surface area contributed by atoms with Crippen molar-refractivity contribution in [1.82, 2.24) is 5.43 Å². The third-order valence-corrected chi connectivity index (χ3v) is 3.81. The van der Waals surface area contributed by atoms with Crippen molar-refractivity contribution >= 4 is 11.6 Å². The summed E-state index contributed by atoms with van der Waals surface area (Å²) in [5.41, 5.74) is 7.49. The van der Waals surface area contributed by atoms with Crippen LogP contribution in [0, 0.1) is 6.92 Å². The highest BCUT2D eigenvalue weighted by Crippen LogP contribution is 2.22. The zero-order valence-corrected chi connectivity index (χ0v) is 14.5. The van der Waals surface area contributed by atoms with Crippen molar-refractivity contribution < 1.29 is 4.79 Å². The van der Waals surface area contributed by atoms with Crippen LogP contribution in [0.15, 0.2) is 53.6 Å². The van der Waals surface area contributed by atoms with Gasteiger partial charge < -0.3 is 0 Å². The predicted octanol–water partition coefficient (Wildman–Crippen LogP) is 4.45. The van der Waals surface area contributed by atoms with Gasteiger partial charge in [0, 0.05) is 5.56 Å². The molecule has 2 rings (SSSR count). The van der Waals surface area contributed by atoms with Gasteiger partial charge in [-0.25, -0.2) is 5.43 Å². The largest absolute Gasteiger partial charge is 0.271 e. The van der Waals surface area contributed by atoms with Gasteiger partial charge >= 0.3 is 0 Å². The van der Waals surface area contributed by atoms with Gasteiger partial charge in [-0.3, -0.25) is 4.79 Å². The maximum atomic E-state index is 12.2. The maximum Gasteiger partial charge on any atom is 0.271 e. The molecule has 0 aliphatic rings. The molecule has 0 saturated carbocycles. The van der Waals surface area contributed by atoms with E-state index in [9.17, 15) is 4.79 Å². The third-order valence-electron chi connectivity index (χ3n) is 3.81. The Kier molecular flexibility index (Phi) is 4.99. The highest BCUT2D eigenvalue weighted by atomic mass is 16.2. The number of nitrogens with zero attached hydrogens (tertiary/aromatic N) is 1. The minimum atomic E-state index is -0.197. The molecule has 120 valence electrons. The van der Waals surface area contributed by atoms with E-state index in [1.807, 2.05) is 62.4 Å². The van der Waals surface area contributed by atoms with Gasteiger partial charge in [-0.05, 0) is 42.5 Å². The van der Waals surface area contributed by atoms with Gasteiger partial charge in [-0.2, -0.15) is 5.10 Å². The van der Waals surface area contributed by atoms with E-state index in [0.717, 1.165) is 11.3 Å². The van der Waals surface area contributed by atoms with Gasteiger partial charge in [0.2, 0.25) is 0 Å². The molecule has 0 radical (unpaired) electrons. The zero-order chi connectivity index (χ0) is 17.0. The van der Waals surface area contributed by atoms with Crippen molar-refractivity contribution in [1.29, 1.82) is 0 Å². The molecule has 0 fully saturated rings. The quantitative estimate of drug-likeness (QED) is 0.660. The number of hydrazone groups is 1. The van der Waals surface area contributed by atoms with Crippen LogP contribution in [0.2, 0.25) is 0 Å². The van der Waals surface area contributed by atoms with Crippen LogP contribution in [0.25, 0.3) is 0 Å². The van der Waals surface area contributed by atoms with E-state index in [1.54, 1.807) is 0 Å². The third kappa shape index (κ3) is 4.52. The van der Waals surface area contributed by atoms with Crippen LogP contribution in [0.4, 0.5) is 0 Å². The molecular weight excluding hydrogens is 284 g/mol. The first-order valence-corrected chi connectivity index (χ1v) is 7.79. The molecule has 2 aromatic rings.